The molecule has 108 valence electrons. The van der Waals surface area contributed by atoms with Crippen molar-refractivity contribution in [1.82, 2.24) is 5.32 Å². The molecule has 0 fully saturated rings. The average molecular weight is 360 g/mol. The molecule has 1 nitrogen and oxygen atoms in total. The topological polar surface area (TPSA) is 12.0 Å². The molecule has 0 aliphatic carbocycles. The Morgan fingerprint density at radius 3 is 2.50 bits per heavy atom. The molecule has 1 atom stereocenters. The highest BCUT2D eigenvalue weighted by Crippen LogP contribution is 2.30. The van der Waals surface area contributed by atoms with Gasteiger partial charge >= 0.3 is 0 Å². The van der Waals surface area contributed by atoms with Gasteiger partial charge in [-0.1, -0.05) is 13.0 Å². The number of halogens is 3. The molecule has 20 heavy (non-hydrogen) atoms. The summed E-state index contributed by atoms with van der Waals surface area (Å²) in [5.74, 6) is -0.988. The first-order valence-electron chi connectivity index (χ1n) is 6.52. The van der Waals surface area contributed by atoms with Crippen molar-refractivity contribution in [2.75, 3.05) is 6.54 Å². The van der Waals surface area contributed by atoms with Crippen LogP contribution in [-0.4, -0.2) is 6.54 Å². The van der Waals surface area contributed by atoms with Crippen molar-refractivity contribution >= 4 is 27.3 Å². The maximum atomic E-state index is 14.0. The van der Waals surface area contributed by atoms with Gasteiger partial charge in [0.1, 0.15) is 11.6 Å². The van der Waals surface area contributed by atoms with Gasteiger partial charge < -0.3 is 5.32 Å². The van der Waals surface area contributed by atoms with E-state index in [2.05, 4.69) is 21.2 Å². The predicted molar refractivity (Wildman–Crippen MR) is 83.1 cm³/mol. The van der Waals surface area contributed by atoms with Crippen LogP contribution < -0.4 is 5.32 Å². The van der Waals surface area contributed by atoms with E-state index in [0.717, 1.165) is 22.3 Å². The van der Waals surface area contributed by atoms with E-state index in [4.69, 9.17) is 0 Å². The SMILES string of the molecule is CCCNC(Cc1sccc1Br)c1c(F)cccc1F. The normalized spacial score (nSPS) is 12.6. The van der Waals surface area contributed by atoms with E-state index < -0.39 is 11.6 Å². The highest BCUT2D eigenvalue weighted by Gasteiger charge is 2.21. The van der Waals surface area contributed by atoms with E-state index in [1.54, 1.807) is 11.3 Å². The summed E-state index contributed by atoms with van der Waals surface area (Å²) in [4.78, 5) is 1.08. The van der Waals surface area contributed by atoms with Crippen LogP contribution in [0, 0.1) is 11.6 Å². The van der Waals surface area contributed by atoms with Crippen LogP contribution >= 0.6 is 27.3 Å². The lowest BCUT2D eigenvalue weighted by Crippen LogP contribution is -2.26. The standard InChI is InChI=1S/C15H16BrF2NS/c1-2-7-19-13(9-14-10(16)6-8-20-14)15-11(17)4-3-5-12(15)18/h3-6,8,13,19H,2,7,9H2,1H3. The van der Waals surface area contributed by atoms with Gasteiger partial charge in [0.15, 0.2) is 0 Å². The maximum Gasteiger partial charge on any atom is 0.130 e. The minimum absolute atomic E-state index is 0.126. The Morgan fingerprint density at radius 1 is 1.25 bits per heavy atom. The number of hydrogen-bond donors (Lipinski definition) is 1. The Labute approximate surface area is 130 Å². The molecule has 0 saturated heterocycles. The number of benzene rings is 1. The number of thiophene rings is 1. The monoisotopic (exact) mass is 359 g/mol. The summed E-state index contributed by atoms with van der Waals surface area (Å²) in [5.41, 5.74) is 0.126. The lowest BCUT2D eigenvalue weighted by Gasteiger charge is -2.20. The Balaban J connectivity index is 2.30. The van der Waals surface area contributed by atoms with Crippen LogP contribution in [0.1, 0.15) is 29.8 Å². The highest BCUT2D eigenvalue weighted by molar-refractivity contribution is 9.10. The Morgan fingerprint density at radius 2 is 1.95 bits per heavy atom. The summed E-state index contributed by atoms with van der Waals surface area (Å²) in [5, 5.41) is 5.20. The minimum Gasteiger partial charge on any atom is -0.309 e. The highest BCUT2D eigenvalue weighted by atomic mass is 79.9. The van der Waals surface area contributed by atoms with Gasteiger partial charge in [-0.15, -0.1) is 11.3 Å². The van der Waals surface area contributed by atoms with Crippen LogP contribution in [-0.2, 0) is 6.42 Å². The molecular weight excluding hydrogens is 344 g/mol. The van der Waals surface area contributed by atoms with Crippen LogP contribution in [0.2, 0.25) is 0 Å². The third kappa shape index (κ3) is 3.65. The second kappa shape index (κ2) is 7.29. The number of hydrogen-bond acceptors (Lipinski definition) is 2. The first-order chi connectivity index (χ1) is 9.63. The molecule has 1 aromatic heterocycles. The Bertz CT molecular complexity index is 551. The zero-order chi connectivity index (χ0) is 14.5. The van der Waals surface area contributed by atoms with Gasteiger partial charge in [-0.2, -0.15) is 0 Å². The van der Waals surface area contributed by atoms with Crippen LogP contribution in [0.3, 0.4) is 0 Å². The van der Waals surface area contributed by atoms with Crippen molar-refractivity contribution in [3.05, 3.63) is 56.2 Å². The van der Waals surface area contributed by atoms with Crippen molar-refractivity contribution in [3.63, 3.8) is 0 Å². The molecule has 0 aliphatic heterocycles. The summed E-state index contributed by atoms with van der Waals surface area (Å²) >= 11 is 5.05. The molecule has 1 aromatic carbocycles. The van der Waals surface area contributed by atoms with Crippen LogP contribution in [0.25, 0.3) is 0 Å². The average Bonchev–Trinajstić information content (AvgIpc) is 2.81. The van der Waals surface area contributed by atoms with Crippen molar-refractivity contribution < 1.29 is 8.78 Å². The van der Waals surface area contributed by atoms with E-state index in [1.165, 1.54) is 18.2 Å². The lowest BCUT2D eigenvalue weighted by molar-refractivity contribution is 0.466. The fourth-order valence-corrected chi connectivity index (χ4v) is 3.66. The molecule has 5 heteroatoms. The Kier molecular flexibility index (Phi) is 5.69. The van der Waals surface area contributed by atoms with Crippen LogP contribution in [0.5, 0.6) is 0 Å². The van der Waals surface area contributed by atoms with Crippen molar-refractivity contribution in [2.24, 2.45) is 0 Å². The third-order valence-electron chi connectivity index (χ3n) is 3.07. The van der Waals surface area contributed by atoms with E-state index in [-0.39, 0.29) is 11.6 Å². The van der Waals surface area contributed by atoms with Crippen molar-refractivity contribution in [3.8, 4) is 0 Å². The van der Waals surface area contributed by atoms with E-state index >= 15 is 0 Å². The van der Waals surface area contributed by atoms with E-state index in [9.17, 15) is 8.78 Å². The summed E-state index contributed by atoms with van der Waals surface area (Å²) < 4.78 is 28.9. The smallest absolute Gasteiger partial charge is 0.130 e. The zero-order valence-corrected chi connectivity index (χ0v) is 13.5. The fourth-order valence-electron chi connectivity index (χ4n) is 2.09. The summed E-state index contributed by atoms with van der Waals surface area (Å²) in [6.45, 7) is 2.75. The maximum absolute atomic E-state index is 14.0. The van der Waals surface area contributed by atoms with Crippen LogP contribution in [0.4, 0.5) is 8.78 Å². The molecule has 0 bridgehead atoms. The molecule has 0 spiro atoms. The molecule has 2 rings (SSSR count). The molecule has 2 aromatic rings. The van der Waals surface area contributed by atoms with Gasteiger partial charge in [0.2, 0.25) is 0 Å². The molecule has 1 N–H and O–H groups in total. The third-order valence-corrected chi connectivity index (χ3v) is 5.02. The van der Waals surface area contributed by atoms with Crippen molar-refractivity contribution in [1.29, 1.82) is 0 Å². The molecule has 1 heterocycles. The van der Waals surface area contributed by atoms with Gasteiger partial charge in [-0.3, -0.25) is 0 Å². The molecule has 0 saturated carbocycles. The summed E-state index contributed by atoms with van der Waals surface area (Å²) in [6, 6.07) is 5.61. The van der Waals surface area contributed by atoms with E-state index in [0.29, 0.717) is 6.42 Å². The summed E-state index contributed by atoms with van der Waals surface area (Å²) in [6.07, 6.45) is 1.48. The van der Waals surface area contributed by atoms with Gasteiger partial charge in [-0.05, 0) is 52.5 Å². The van der Waals surface area contributed by atoms with Crippen molar-refractivity contribution in [2.45, 2.75) is 25.8 Å². The van der Waals surface area contributed by atoms with Gasteiger partial charge in [0.05, 0.1) is 0 Å². The Hall–Kier alpha value is -0.780. The molecule has 0 radical (unpaired) electrons. The quantitative estimate of drug-likeness (QED) is 0.758. The van der Waals surface area contributed by atoms with E-state index in [1.807, 2.05) is 18.4 Å². The largest absolute Gasteiger partial charge is 0.309 e. The first-order valence-corrected chi connectivity index (χ1v) is 8.20. The second-order valence-electron chi connectivity index (χ2n) is 4.54. The van der Waals surface area contributed by atoms with Crippen LogP contribution in [0.15, 0.2) is 34.1 Å². The summed E-state index contributed by atoms with van der Waals surface area (Å²) in [7, 11) is 0. The number of rotatable bonds is 6. The zero-order valence-electron chi connectivity index (χ0n) is 11.1. The van der Waals surface area contributed by atoms with Gasteiger partial charge in [0, 0.05) is 27.4 Å². The fraction of sp³-hybridized carbons (Fsp3) is 0.333. The lowest BCUT2D eigenvalue weighted by atomic mass is 10.0. The minimum atomic E-state index is -0.494. The number of nitrogens with one attached hydrogen (secondary N) is 1. The molecular formula is C15H16BrF2NS. The first kappa shape index (κ1) is 15.6. The molecule has 0 amide bonds. The van der Waals surface area contributed by atoms with Gasteiger partial charge in [-0.25, -0.2) is 8.78 Å². The second-order valence-corrected chi connectivity index (χ2v) is 6.39. The molecule has 1 unspecified atom stereocenters. The van der Waals surface area contributed by atoms with Gasteiger partial charge in [0.25, 0.3) is 0 Å². The predicted octanol–water partition coefficient (Wildman–Crippen LogP) is 5.07. The molecule has 0 aliphatic rings.